The Balaban J connectivity index is 1.47. The third kappa shape index (κ3) is 3.02. The number of hydrogen-bond donors (Lipinski definition) is 3. The van der Waals surface area contributed by atoms with E-state index in [-0.39, 0.29) is 5.92 Å². The molecular weight excluding hydrogens is 274 g/mol. The number of allylic oxidation sites excluding steroid dienone is 1. The third-order valence-electron chi connectivity index (χ3n) is 4.04. The fourth-order valence-electron chi connectivity index (χ4n) is 2.80. The Kier molecular flexibility index (Phi) is 4.03. The summed E-state index contributed by atoms with van der Waals surface area (Å²) in [6.45, 7) is 0.842. The van der Waals surface area contributed by atoms with Crippen LogP contribution >= 0.6 is 12.1 Å². The number of aliphatic carboxylic acids is 1. The Morgan fingerprint density at radius 1 is 1.45 bits per heavy atom. The molecule has 108 valence electrons. The predicted molar refractivity (Wildman–Crippen MR) is 79.3 cm³/mol. The Labute approximate surface area is 123 Å². The molecule has 1 saturated carbocycles. The predicted octanol–water partition coefficient (Wildman–Crippen LogP) is 1.98. The number of fused-ring (bicyclic) bond motifs is 1. The summed E-state index contributed by atoms with van der Waals surface area (Å²) in [6, 6.07) is 0.447. The fraction of sp³-hybridized carbons (Fsp3) is 0.500. The van der Waals surface area contributed by atoms with E-state index in [1.165, 1.54) is 11.3 Å². The van der Waals surface area contributed by atoms with Gasteiger partial charge in [-0.2, -0.15) is 0 Å². The molecule has 0 aromatic rings. The minimum atomic E-state index is -0.639. The molecule has 3 aliphatic rings. The van der Waals surface area contributed by atoms with Gasteiger partial charge in [-0.15, -0.1) is 0 Å². The van der Waals surface area contributed by atoms with Gasteiger partial charge in [-0.05, 0) is 43.4 Å². The van der Waals surface area contributed by atoms with Gasteiger partial charge in [0.2, 0.25) is 0 Å². The minimum Gasteiger partial charge on any atom is -0.481 e. The number of carbonyl (C=O) groups is 1. The van der Waals surface area contributed by atoms with Gasteiger partial charge < -0.3 is 15.1 Å². The minimum absolute atomic E-state index is 0.137. The number of hydrogen-bond acceptors (Lipinski definition) is 5. The monoisotopic (exact) mass is 293 g/mol. The summed E-state index contributed by atoms with van der Waals surface area (Å²) in [5.74, 6) is -0.776. The van der Waals surface area contributed by atoms with E-state index in [4.69, 9.17) is 5.11 Å². The summed E-state index contributed by atoms with van der Waals surface area (Å²) in [4.78, 5) is 10.9. The van der Waals surface area contributed by atoms with Gasteiger partial charge in [0.1, 0.15) is 0 Å². The van der Waals surface area contributed by atoms with E-state index in [0.717, 1.165) is 32.2 Å². The average Bonchev–Trinajstić information content (AvgIpc) is 2.93. The molecule has 2 aliphatic heterocycles. The molecular formula is C14H19N3O2S. The third-order valence-corrected chi connectivity index (χ3v) is 4.79. The van der Waals surface area contributed by atoms with Gasteiger partial charge in [-0.25, -0.2) is 0 Å². The second kappa shape index (κ2) is 5.93. The summed E-state index contributed by atoms with van der Waals surface area (Å²) in [5.41, 5.74) is 2.43. The Hall–Kier alpha value is -1.40. The van der Waals surface area contributed by atoms with Gasteiger partial charge in [0, 0.05) is 25.0 Å². The summed E-state index contributed by atoms with van der Waals surface area (Å²) in [5, 5.41) is 12.5. The molecule has 0 radical (unpaired) electrons. The number of nitrogens with one attached hydrogen (secondary N) is 2. The van der Waals surface area contributed by atoms with Crippen LogP contribution in [0.25, 0.3) is 0 Å². The molecule has 6 heteroatoms. The molecule has 2 heterocycles. The van der Waals surface area contributed by atoms with Gasteiger partial charge in [-0.1, -0.05) is 0 Å². The number of rotatable bonds is 4. The van der Waals surface area contributed by atoms with Crippen LogP contribution in [-0.2, 0) is 4.79 Å². The molecule has 0 aromatic heterocycles. The molecule has 1 fully saturated rings. The van der Waals surface area contributed by atoms with Crippen LogP contribution in [0.2, 0.25) is 0 Å². The summed E-state index contributed by atoms with van der Waals surface area (Å²) in [6.07, 6.45) is 11.8. The molecule has 0 atom stereocenters. The number of carboxylic acid groups (broad SMARTS) is 1. The molecule has 0 aromatic carbocycles. The zero-order valence-corrected chi connectivity index (χ0v) is 12.0. The fourth-order valence-corrected chi connectivity index (χ4v) is 3.42. The van der Waals surface area contributed by atoms with Crippen molar-refractivity contribution in [3.63, 3.8) is 0 Å². The molecule has 3 rings (SSSR count). The first-order valence-electron chi connectivity index (χ1n) is 6.99. The van der Waals surface area contributed by atoms with Crippen LogP contribution in [0.1, 0.15) is 25.7 Å². The first-order chi connectivity index (χ1) is 9.72. The van der Waals surface area contributed by atoms with E-state index in [1.54, 1.807) is 12.1 Å². The second-order valence-electron chi connectivity index (χ2n) is 5.41. The maximum absolute atomic E-state index is 10.9. The van der Waals surface area contributed by atoms with Gasteiger partial charge >= 0.3 is 5.97 Å². The van der Waals surface area contributed by atoms with Crippen LogP contribution in [0, 0.1) is 5.92 Å². The highest BCUT2D eigenvalue weighted by Gasteiger charge is 2.25. The van der Waals surface area contributed by atoms with E-state index in [2.05, 4.69) is 32.7 Å². The Morgan fingerprint density at radius 3 is 3.00 bits per heavy atom. The van der Waals surface area contributed by atoms with Gasteiger partial charge in [0.25, 0.3) is 0 Å². The molecule has 0 spiro atoms. The zero-order valence-electron chi connectivity index (χ0n) is 11.2. The van der Waals surface area contributed by atoms with E-state index in [1.807, 2.05) is 6.20 Å². The van der Waals surface area contributed by atoms with Crippen LogP contribution in [0.15, 0.2) is 35.8 Å². The summed E-state index contributed by atoms with van der Waals surface area (Å²) < 4.78 is 5.20. The maximum atomic E-state index is 10.9. The van der Waals surface area contributed by atoms with Crippen molar-refractivity contribution in [1.29, 1.82) is 0 Å². The van der Waals surface area contributed by atoms with Crippen LogP contribution in [0.5, 0.6) is 0 Å². The quantitative estimate of drug-likeness (QED) is 0.689. The molecule has 3 N–H and O–H groups in total. The van der Waals surface area contributed by atoms with Gasteiger partial charge in [0.15, 0.2) is 0 Å². The second-order valence-corrected chi connectivity index (χ2v) is 6.22. The zero-order chi connectivity index (χ0) is 13.9. The number of carboxylic acids is 1. The summed E-state index contributed by atoms with van der Waals surface area (Å²) in [7, 11) is 0. The largest absolute Gasteiger partial charge is 0.481 e. The molecule has 1 aliphatic carbocycles. The Bertz CT molecular complexity index is 479. The van der Waals surface area contributed by atoms with Crippen LogP contribution in [-0.4, -0.2) is 28.0 Å². The number of nitrogens with zero attached hydrogens (tertiary/aromatic N) is 1. The van der Waals surface area contributed by atoms with Crippen molar-refractivity contribution in [2.45, 2.75) is 31.7 Å². The van der Waals surface area contributed by atoms with Crippen LogP contribution in [0.3, 0.4) is 0 Å². The first kappa shape index (κ1) is 13.6. The van der Waals surface area contributed by atoms with Crippen LogP contribution in [0.4, 0.5) is 0 Å². The van der Waals surface area contributed by atoms with Crippen molar-refractivity contribution < 1.29 is 9.90 Å². The Morgan fingerprint density at radius 2 is 2.25 bits per heavy atom. The highest BCUT2D eigenvalue weighted by atomic mass is 32.2. The van der Waals surface area contributed by atoms with Crippen molar-refractivity contribution in [2.75, 3.05) is 6.54 Å². The van der Waals surface area contributed by atoms with E-state index in [9.17, 15) is 4.79 Å². The summed E-state index contributed by atoms with van der Waals surface area (Å²) >= 11 is 1.56. The maximum Gasteiger partial charge on any atom is 0.306 e. The van der Waals surface area contributed by atoms with Crippen molar-refractivity contribution in [3.8, 4) is 0 Å². The average molecular weight is 293 g/mol. The molecule has 0 amide bonds. The standard InChI is InChI=1S/C14H19N3O2S/c18-14(19)11-1-3-12(4-2-11)15-8-10-5-6-17-13(7-10)9-16-20-17/h5-7,9,11-12,15-16H,1-4,8H2,(H,18,19)/t11-,12-. The van der Waals surface area contributed by atoms with E-state index < -0.39 is 5.97 Å². The highest BCUT2D eigenvalue weighted by molar-refractivity contribution is 7.95. The van der Waals surface area contributed by atoms with Crippen LogP contribution < -0.4 is 10.0 Å². The van der Waals surface area contributed by atoms with E-state index >= 15 is 0 Å². The lowest BCUT2D eigenvalue weighted by Gasteiger charge is -2.27. The molecule has 20 heavy (non-hydrogen) atoms. The van der Waals surface area contributed by atoms with Gasteiger partial charge in [0.05, 0.1) is 23.7 Å². The lowest BCUT2D eigenvalue weighted by atomic mass is 9.86. The smallest absolute Gasteiger partial charge is 0.306 e. The normalized spacial score (nSPS) is 28.5. The molecule has 0 bridgehead atoms. The van der Waals surface area contributed by atoms with Crippen molar-refractivity contribution in [1.82, 2.24) is 14.3 Å². The van der Waals surface area contributed by atoms with E-state index in [0.29, 0.717) is 6.04 Å². The van der Waals surface area contributed by atoms with Crippen molar-refractivity contribution in [2.24, 2.45) is 5.92 Å². The topological polar surface area (TPSA) is 64.6 Å². The van der Waals surface area contributed by atoms with Crippen molar-refractivity contribution >= 4 is 18.1 Å². The first-order valence-corrected chi connectivity index (χ1v) is 7.76. The van der Waals surface area contributed by atoms with Gasteiger partial charge in [-0.3, -0.25) is 9.10 Å². The lowest BCUT2D eigenvalue weighted by Crippen LogP contribution is -2.36. The molecule has 0 saturated heterocycles. The lowest BCUT2D eigenvalue weighted by molar-refractivity contribution is -0.142. The molecule has 0 unspecified atom stereocenters. The highest BCUT2D eigenvalue weighted by Crippen LogP contribution is 2.28. The van der Waals surface area contributed by atoms with Crippen molar-refractivity contribution in [3.05, 3.63) is 35.8 Å². The SMILES string of the molecule is O=C(O)[C@H]1CC[C@H](NCC2=CC3=CNSN3C=C2)CC1. The molecule has 5 nitrogen and oxygen atoms in total.